The summed E-state index contributed by atoms with van der Waals surface area (Å²) in [6.07, 6.45) is 2.70. The average molecular weight is 298 g/mol. The van der Waals surface area contributed by atoms with Gasteiger partial charge in [-0.25, -0.2) is 0 Å². The number of nitrogens with zero attached hydrogens (tertiary/aromatic N) is 1. The number of rotatable bonds is 7. The highest BCUT2D eigenvalue weighted by atomic mass is 16.3. The lowest BCUT2D eigenvalue weighted by molar-refractivity contribution is -0.120. The van der Waals surface area contributed by atoms with Crippen LogP contribution in [0.1, 0.15) is 29.2 Å². The molecule has 0 saturated heterocycles. The largest absolute Gasteiger partial charge is 0.396 e. The molecule has 1 aromatic heterocycles. The molecule has 0 aliphatic heterocycles. The Morgan fingerprint density at radius 2 is 2.00 bits per heavy atom. The first-order valence-electron chi connectivity index (χ1n) is 7.53. The van der Waals surface area contributed by atoms with Gasteiger partial charge < -0.3 is 10.4 Å². The number of carbonyl (C=O) groups excluding carboxylic acids is 1. The van der Waals surface area contributed by atoms with E-state index in [9.17, 15) is 9.90 Å². The lowest BCUT2D eigenvalue weighted by atomic mass is 9.96. The second-order valence-corrected chi connectivity index (χ2v) is 5.41. The maximum Gasteiger partial charge on any atom is 0.224 e. The van der Waals surface area contributed by atoms with Crippen LogP contribution in [0, 0.1) is 6.92 Å². The van der Waals surface area contributed by atoms with Crippen molar-refractivity contribution >= 4 is 5.91 Å². The molecule has 2 N–H and O–H groups in total. The summed E-state index contributed by atoms with van der Waals surface area (Å²) in [5.74, 6) is 0.107. The molecule has 0 aliphatic carbocycles. The van der Waals surface area contributed by atoms with Crippen molar-refractivity contribution in [2.24, 2.45) is 0 Å². The summed E-state index contributed by atoms with van der Waals surface area (Å²) < 4.78 is 0. The summed E-state index contributed by atoms with van der Waals surface area (Å²) in [7, 11) is 0. The Bertz CT molecular complexity index is 582. The third-order valence-electron chi connectivity index (χ3n) is 3.63. The fourth-order valence-corrected chi connectivity index (χ4v) is 2.36. The summed E-state index contributed by atoms with van der Waals surface area (Å²) in [4.78, 5) is 16.2. The maximum atomic E-state index is 12.0. The van der Waals surface area contributed by atoms with Gasteiger partial charge in [0, 0.05) is 31.0 Å². The number of hydrogen-bond acceptors (Lipinski definition) is 3. The zero-order valence-corrected chi connectivity index (χ0v) is 12.8. The van der Waals surface area contributed by atoms with Crippen LogP contribution in [0.15, 0.2) is 48.7 Å². The van der Waals surface area contributed by atoms with E-state index in [4.69, 9.17) is 0 Å². The summed E-state index contributed by atoms with van der Waals surface area (Å²) in [5, 5.41) is 12.2. The molecular formula is C18H22N2O2. The van der Waals surface area contributed by atoms with Crippen molar-refractivity contribution in [3.05, 3.63) is 65.5 Å². The van der Waals surface area contributed by atoms with E-state index >= 15 is 0 Å². The zero-order valence-electron chi connectivity index (χ0n) is 12.8. The lowest BCUT2D eigenvalue weighted by Crippen LogP contribution is -2.30. The quantitative estimate of drug-likeness (QED) is 0.824. The summed E-state index contributed by atoms with van der Waals surface area (Å²) in [6.45, 7) is 2.56. The average Bonchev–Trinajstić information content (AvgIpc) is 2.54. The number of carbonyl (C=O) groups is 1. The molecule has 22 heavy (non-hydrogen) atoms. The maximum absolute atomic E-state index is 12.0. The first-order valence-corrected chi connectivity index (χ1v) is 7.53. The summed E-state index contributed by atoms with van der Waals surface area (Å²) >= 11 is 0. The first-order chi connectivity index (χ1) is 10.7. The van der Waals surface area contributed by atoms with Crippen LogP contribution >= 0.6 is 0 Å². The Balaban J connectivity index is 1.89. The van der Waals surface area contributed by atoms with Gasteiger partial charge >= 0.3 is 0 Å². The molecule has 4 heteroatoms. The molecule has 1 aromatic carbocycles. The van der Waals surface area contributed by atoms with Gasteiger partial charge in [-0.3, -0.25) is 9.78 Å². The minimum absolute atomic E-state index is 0.0236. The molecule has 1 heterocycles. The van der Waals surface area contributed by atoms with Gasteiger partial charge in [-0.2, -0.15) is 0 Å². The Labute approximate surface area is 131 Å². The van der Waals surface area contributed by atoms with E-state index in [0.29, 0.717) is 19.4 Å². The van der Waals surface area contributed by atoms with Crippen molar-refractivity contribution in [3.63, 3.8) is 0 Å². The predicted octanol–water partition coefficient (Wildman–Crippen LogP) is 2.21. The van der Waals surface area contributed by atoms with E-state index in [0.717, 1.165) is 16.8 Å². The molecule has 1 unspecified atom stereocenters. The van der Waals surface area contributed by atoms with Gasteiger partial charge in [0.15, 0.2) is 0 Å². The molecule has 2 rings (SSSR count). The lowest BCUT2D eigenvalue weighted by Gasteiger charge is -2.17. The molecule has 0 aliphatic rings. The van der Waals surface area contributed by atoms with E-state index < -0.39 is 0 Å². The Morgan fingerprint density at radius 1 is 1.23 bits per heavy atom. The van der Waals surface area contributed by atoms with Gasteiger partial charge in [-0.1, -0.05) is 36.4 Å². The standard InChI is InChI=1S/C18H22N2O2/c1-14-7-8-15(12-19-14)11-18(22)20-13-17(9-10-21)16-5-3-2-4-6-16/h2-8,12,17,21H,9-11,13H2,1H3,(H,20,22). The Hall–Kier alpha value is -2.20. The van der Waals surface area contributed by atoms with Crippen molar-refractivity contribution in [2.75, 3.05) is 13.2 Å². The van der Waals surface area contributed by atoms with E-state index in [2.05, 4.69) is 10.3 Å². The molecule has 0 saturated carbocycles. The molecule has 0 bridgehead atoms. The highest BCUT2D eigenvalue weighted by Gasteiger charge is 2.12. The fourth-order valence-electron chi connectivity index (χ4n) is 2.36. The molecule has 0 spiro atoms. The second-order valence-electron chi connectivity index (χ2n) is 5.41. The third-order valence-corrected chi connectivity index (χ3v) is 3.63. The number of nitrogens with one attached hydrogen (secondary N) is 1. The SMILES string of the molecule is Cc1ccc(CC(=O)NCC(CCO)c2ccccc2)cn1. The van der Waals surface area contributed by atoms with Gasteiger partial charge in [-0.15, -0.1) is 0 Å². The predicted molar refractivity (Wildman–Crippen MR) is 86.6 cm³/mol. The normalized spacial score (nSPS) is 11.9. The fraction of sp³-hybridized carbons (Fsp3) is 0.333. The molecule has 116 valence electrons. The van der Waals surface area contributed by atoms with Crippen LogP contribution in [0.3, 0.4) is 0 Å². The number of hydrogen-bond donors (Lipinski definition) is 2. The molecule has 4 nitrogen and oxygen atoms in total. The smallest absolute Gasteiger partial charge is 0.224 e. The Morgan fingerprint density at radius 3 is 2.64 bits per heavy atom. The van der Waals surface area contributed by atoms with Crippen molar-refractivity contribution in [1.82, 2.24) is 10.3 Å². The summed E-state index contributed by atoms with van der Waals surface area (Å²) in [5.41, 5.74) is 2.98. The van der Waals surface area contributed by atoms with Crippen LogP contribution in [-0.2, 0) is 11.2 Å². The topological polar surface area (TPSA) is 62.2 Å². The monoisotopic (exact) mass is 298 g/mol. The van der Waals surface area contributed by atoms with Gasteiger partial charge in [0.25, 0.3) is 0 Å². The number of aromatic nitrogens is 1. The van der Waals surface area contributed by atoms with Gasteiger partial charge in [-0.05, 0) is 30.5 Å². The zero-order chi connectivity index (χ0) is 15.8. The second kappa shape index (κ2) is 8.29. The van der Waals surface area contributed by atoms with Crippen molar-refractivity contribution in [1.29, 1.82) is 0 Å². The van der Waals surface area contributed by atoms with Crippen LogP contribution in [-0.4, -0.2) is 29.1 Å². The van der Waals surface area contributed by atoms with Crippen LogP contribution < -0.4 is 5.32 Å². The highest BCUT2D eigenvalue weighted by Crippen LogP contribution is 2.18. The number of benzene rings is 1. The minimum atomic E-state index is -0.0236. The number of aryl methyl sites for hydroxylation is 1. The van der Waals surface area contributed by atoms with Crippen molar-refractivity contribution in [3.8, 4) is 0 Å². The van der Waals surface area contributed by atoms with Crippen molar-refractivity contribution in [2.45, 2.75) is 25.7 Å². The van der Waals surface area contributed by atoms with Crippen LogP contribution in [0.25, 0.3) is 0 Å². The third kappa shape index (κ3) is 4.97. The number of aliphatic hydroxyl groups excluding tert-OH is 1. The molecule has 0 radical (unpaired) electrons. The van der Waals surface area contributed by atoms with E-state index in [1.807, 2.05) is 49.4 Å². The van der Waals surface area contributed by atoms with Gasteiger partial charge in [0.2, 0.25) is 5.91 Å². The molecule has 2 aromatic rings. The number of pyridine rings is 1. The van der Waals surface area contributed by atoms with E-state index in [-0.39, 0.29) is 18.4 Å². The number of amides is 1. The molecular weight excluding hydrogens is 276 g/mol. The van der Waals surface area contributed by atoms with Crippen LogP contribution in [0.5, 0.6) is 0 Å². The molecule has 1 amide bonds. The van der Waals surface area contributed by atoms with E-state index in [1.165, 1.54) is 0 Å². The highest BCUT2D eigenvalue weighted by molar-refractivity contribution is 5.78. The van der Waals surface area contributed by atoms with Crippen LogP contribution in [0.2, 0.25) is 0 Å². The Kier molecular flexibility index (Phi) is 6.10. The van der Waals surface area contributed by atoms with E-state index in [1.54, 1.807) is 6.20 Å². The van der Waals surface area contributed by atoms with Crippen LogP contribution in [0.4, 0.5) is 0 Å². The molecule has 0 fully saturated rings. The number of aliphatic hydroxyl groups is 1. The molecule has 1 atom stereocenters. The van der Waals surface area contributed by atoms with Crippen molar-refractivity contribution < 1.29 is 9.90 Å². The van der Waals surface area contributed by atoms with Gasteiger partial charge in [0.05, 0.1) is 6.42 Å². The summed E-state index contributed by atoms with van der Waals surface area (Å²) in [6, 6.07) is 13.8. The minimum Gasteiger partial charge on any atom is -0.396 e. The van der Waals surface area contributed by atoms with Gasteiger partial charge in [0.1, 0.15) is 0 Å². The first kappa shape index (κ1) is 16.2.